The molecule has 0 saturated heterocycles. The van der Waals surface area contributed by atoms with E-state index in [2.05, 4.69) is 5.32 Å². The maximum absolute atomic E-state index is 12.0. The molecule has 0 aliphatic carbocycles. The number of rotatable bonds is 1. The van der Waals surface area contributed by atoms with Gasteiger partial charge in [-0.1, -0.05) is 17.7 Å². The largest absolute Gasteiger partial charge is 0.444 e. The molecule has 0 bridgehead atoms. The molecule has 1 atom stereocenters. The summed E-state index contributed by atoms with van der Waals surface area (Å²) in [5, 5.41) is 4.26. The van der Waals surface area contributed by atoms with Crippen molar-refractivity contribution in [1.82, 2.24) is 9.88 Å². The van der Waals surface area contributed by atoms with Gasteiger partial charge in [0.05, 0.1) is 18.1 Å². The van der Waals surface area contributed by atoms with Crippen molar-refractivity contribution in [3.05, 3.63) is 45.2 Å². The number of ether oxygens (including phenoxy) is 1. The second-order valence-electron chi connectivity index (χ2n) is 6.38. The van der Waals surface area contributed by atoms with Crippen LogP contribution in [0.5, 0.6) is 0 Å². The molecule has 6 heteroatoms. The van der Waals surface area contributed by atoms with Crippen molar-refractivity contribution >= 4 is 28.6 Å². The van der Waals surface area contributed by atoms with Crippen LogP contribution in [0.4, 0.5) is 4.79 Å². The van der Waals surface area contributed by atoms with Crippen molar-refractivity contribution in [2.45, 2.75) is 39.0 Å². The molecule has 1 aliphatic heterocycles. The highest BCUT2D eigenvalue weighted by molar-refractivity contribution is 6.32. The molecule has 22 heavy (non-hydrogen) atoms. The average Bonchev–Trinajstić information content (AvgIpc) is 2.76. The zero-order chi connectivity index (χ0) is 16.1. The third-order valence-corrected chi connectivity index (χ3v) is 3.87. The fourth-order valence-electron chi connectivity index (χ4n) is 2.75. The predicted octanol–water partition coefficient (Wildman–Crippen LogP) is 3.23. The highest BCUT2D eigenvalue weighted by Gasteiger charge is 2.30. The Labute approximate surface area is 132 Å². The Hall–Kier alpha value is -2.01. The second-order valence-corrected chi connectivity index (χ2v) is 6.79. The SMILES string of the molecule is CC(C)(C)OC(=O)NC1Cn2c(=O)ccc3ccc(Cl)c1c32. The first-order valence-corrected chi connectivity index (χ1v) is 7.45. The highest BCUT2D eigenvalue weighted by atomic mass is 35.5. The van der Waals surface area contributed by atoms with Crippen molar-refractivity contribution in [1.29, 1.82) is 0 Å². The van der Waals surface area contributed by atoms with Gasteiger partial charge in [-0.2, -0.15) is 0 Å². The Bertz CT molecular complexity index is 820. The van der Waals surface area contributed by atoms with Crippen LogP contribution in [-0.2, 0) is 11.3 Å². The Morgan fingerprint density at radius 3 is 2.68 bits per heavy atom. The van der Waals surface area contributed by atoms with Crippen LogP contribution >= 0.6 is 11.6 Å². The van der Waals surface area contributed by atoms with E-state index in [9.17, 15) is 9.59 Å². The molecular formula is C16H17ClN2O3. The molecule has 3 rings (SSSR count). The number of amides is 1. The number of carbonyl (C=O) groups excluding carboxylic acids is 1. The number of carbonyl (C=O) groups is 1. The first-order chi connectivity index (χ1) is 10.3. The monoisotopic (exact) mass is 320 g/mol. The average molecular weight is 321 g/mol. The molecule has 116 valence electrons. The molecule has 2 heterocycles. The first-order valence-electron chi connectivity index (χ1n) is 7.08. The van der Waals surface area contributed by atoms with Crippen LogP contribution in [0, 0.1) is 0 Å². The maximum atomic E-state index is 12.0. The number of halogens is 1. The molecule has 0 radical (unpaired) electrons. The number of aromatic nitrogens is 1. The summed E-state index contributed by atoms with van der Waals surface area (Å²) in [5.41, 5.74) is 0.857. The Morgan fingerprint density at radius 2 is 2.00 bits per heavy atom. The van der Waals surface area contributed by atoms with E-state index in [1.165, 1.54) is 6.07 Å². The number of nitrogens with zero attached hydrogens (tertiary/aromatic N) is 1. The van der Waals surface area contributed by atoms with Gasteiger partial charge in [0, 0.05) is 16.7 Å². The van der Waals surface area contributed by atoms with Gasteiger partial charge < -0.3 is 14.6 Å². The lowest BCUT2D eigenvalue weighted by molar-refractivity contribution is 0.0501. The van der Waals surface area contributed by atoms with E-state index in [0.717, 1.165) is 16.5 Å². The van der Waals surface area contributed by atoms with Crippen LogP contribution in [0.3, 0.4) is 0 Å². The van der Waals surface area contributed by atoms with Gasteiger partial charge in [-0.25, -0.2) is 4.79 Å². The summed E-state index contributed by atoms with van der Waals surface area (Å²) in [6, 6.07) is 6.57. The molecule has 0 fully saturated rings. The van der Waals surface area contributed by atoms with E-state index in [1.807, 2.05) is 6.07 Å². The molecule has 1 unspecified atom stereocenters. The number of alkyl carbamates (subject to hydrolysis) is 1. The van der Waals surface area contributed by atoms with E-state index in [-0.39, 0.29) is 11.6 Å². The van der Waals surface area contributed by atoms with Crippen molar-refractivity contribution in [3.63, 3.8) is 0 Å². The van der Waals surface area contributed by atoms with Gasteiger partial charge in [-0.15, -0.1) is 0 Å². The van der Waals surface area contributed by atoms with E-state index in [1.54, 1.807) is 37.5 Å². The van der Waals surface area contributed by atoms with Crippen molar-refractivity contribution in [2.75, 3.05) is 0 Å². The van der Waals surface area contributed by atoms with Crippen LogP contribution in [0.25, 0.3) is 10.9 Å². The standard InChI is InChI=1S/C16H17ClN2O3/c1-16(2,3)22-15(21)18-11-8-19-12(20)7-5-9-4-6-10(17)13(11)14(9)19/h4-7,11H,8H2,1-3H3,(H,18,21). The van der Waals surface area contributed by atoms with Gasteiger partial charge in [0.2, 0.25) is 0 Å². The van der Waals surface area contributed by atoms with Crippen molar-refractivity contribution in [2.24, 2.45) is 0 Å². The van der Waals surface area contributed by atoms with Gasteiger partial charge in [0.25, 0.3) is 5.56 Å². The normalized spacial score (nSPS) is 16.8. The molecular weight excluding hydrogens is 304 g/mol. The lowest BCUT2D eigenvalue weighted by Gasteiger charge is -2.22. The fraction of sp³-hybridized carbons (Fsp3) is 0.375. The van der Waals surface area contributed by atoms with E-state index in [0.29, 0.717) is 11.6 Å². The smallest absolute Gasteiger partial charge is 0.408 e. The summed E-state index contributed by atoms with van der Waals surface area (Å²) >= 11 is 6.29. The summed E-state index contributed by atoms with van der Waals surface area (Å²) in [5.74, 6) is 0. The minimum absolute atomic E-state index is 0.107. The van der Waals surface area contributed by atoms with E-state index in [4.69, 9.17) is 16.3 Å². The zero-order valence-electron chi connectivity index (χ0n) is 12.6. The van der Waals surface area contributed by atoms with Crippen LogP contribution < -0.4 is 10.9 Å². The minimum atomic E-state index is -0.581. The van der Waals surface area contributed by atoms with Gasteiger partial charge in [0.15, 0.2) is 0 Å². The molecule has 5 nitrogen and oxygen atoms in total. The second kappa shape index (κ2) is 5.02. The highest BCUT2D eigenvalue weighted by Crippen LogP contribution is 2.36. The number of hydrogen-bond donors (Lipinski definition) is 1. The third-order valence-electron chi connectivity index (χ3n) is 3.54. The lowest BCUT2D eigenvalue weighted by Crippen LogP contribution is -2.35. The number of pyridine rings is 1. The lowest BCUT2D eigenvalue weighted by atomic mass is 10.1. The first kappa shape index (κ1) is 14.9. The van der Waals surface area contributed by atoms with Gasteiger partial charge in [-0.05, 0) is 38.3 Å². The summed E-state index contributed by atoms with van der Waals surface area (Å²) in [4.78, 5) is 24.1. The van der Waals surface area contributed by atoms with Crippen LogP contribution in [0.2, 0.25) is 5.02 Å². The van der Waals surface area contributed by atoms with Crippen LogP contribution in [0.15, 0.2) is 29.1 Å². The number of nitrogens with one attached hydrogen (secondary N) is 1. The van der Waals surface area contributed by atoms with Crippen LogP contribution in [0.1, 0.15) is 32.4 Å². The predicted molar refractivity (Wildman–Crippen MR) is 85.3 cm³/mol. The van der Waals surface area contributed by atoms with Gasteiger partial charge in [-0.3, -0.25) is 4.79 Å². The van der Waals surface area contributed by atoms with Gasteiger partial charge >= 0.3 is 6.09 Å². The number of hydrogen-bond acceptors (Lipinski definition) is 3. The van der Waals surface area contributed by atoms with Crippen molar-refractivity contribution < 1.29 is 9.53 Å². The fourth-order valence-corrected chi connectivity index (χ4v) is 3.04. The van der Waals surface area contributed by atoms with Crippen LogP contribution in [-0.4, -0.2) is 16.3 Å². The molecule has 1 aliphatic rings. The summed E-state index contributed by atoms with van der Waals surface area (Å²) in [6.45, 7) is 5.75. The topological polar surface area (TPSA) is 60.3 Å². The Balaban J connectivity index is 2.00. The molecule has 0 spiro atoms. The summed E-state index contributed by atoms with van der Waals surface area (Å²) in [7, 11) is 0. The molecule has 0 saturated carbocycles. The molecule has 1 N–H and O–H groups in total. The van der Waals surface area contributed by atoms with Gasteiger partial charge in [0.1, 0.15) is 5.60 Å². The van der Waals surface area contributed by atoms with Crippen molar-refractivity contribution in [3.8, 4) is 0 Å². The Morgan fingerprint density at radius 1 is 1.32 bits per heavy atom. The minimum Gasteiger partial charge on any atom is -0.444 e. The summed E-state index contributed by atoms with van der Waals surface area (Å²) in [6.07, 6.45) is -0.522. The molecule has 1 aromatic carbocycles. The third kappa shape index (κ3) is 2.57. The Kier molecular flexibility index (Phi) is 3.40. The molecule has 2 aromatic rings. The van der Waals surface area contributed by atoms with E-state index >= 15 is 0 Å². The summed E-state index contributed by atoms with van der Waals surface area (Å²) < 4.78 is 6.92. The molecule has 1 aromatic heterocycles. The quantitative estimate of drug-likeness (QED) is 0.877. The maximum Gasteiger partial charge on any atom is 0.408 e. The number of benzene rings is 1. The zero-order valence-corrected chi connectivity index (χ0v) is 13.4. The van der Waals surface area contributed by atoms with E-state index < -0.39 is 11.7 Å². The molecule has 1 amide bonds.